The first kappa shape index (κ1) is 19.8. The molecule has 0 aromatic carbocycles. The number of amides is 1. The highest BCUT2D eigenvalue weighted by molar-refractivity contribution is 5.86. The molecule has 0 radical (unpaired) electrons. The van der Waals surface area contributed by atoms with Gasteiger partial charge in [0.15, 0.2) is 0 Å². The van der Waals surface area contributed by atoms with Crippen molar-refractivity contribution >= 4 is 5.91 Å². The summed E-state index contributed by atoms with van der Waals surface area (Å²) in [6.07, 6.45) is 9.49. The van der Waals surface area contributed by atoms with Crippen molar-refractivity contribution in [1.82, 2.24) is 20.5 Å². The Morgan fingerprint density at radius 1 is 1.14 bits per heavy atom. The van der Waals surface area contributed by atoms with Crippen molar-refractivity contribution < 1.29 is 9.18 Å². The third-order valence-electron chi connectivity index (χ3n) is 6.97. The van der Waals surface area contributed by atoms with Crippen molar-refractivity contribution in [3.63, 3.8) is 0 Å². The van der Waals surface area contributed by atoms with E-state index in [0.29, 0.717) is 18.5 Å². The first-order valence-electron chi connectivity index (χ1n) is 11.0. The minimum atomic E-state index is -2.06. The maximum absolute atomic E-state index is 16.0. The summed E-state index contributed by atoms with van der Waals surface area (Å²) >= 11 is 0. The fourth-order valence-corrected chi connectivity index (χ4v) is 5.23. The third kappa shape index (κ3) is 3.94. The summed E-state index contributed by atoms with van der Waals surface area (Å²) in [5.41, 5.74) is -1.83. The van der Waals surface area contributed by atoms with Crippen molar-refractivity contribution in [1.29, 1.82) is 0 Å². The number of hydrogen-bond acceptors (Lipinski definition) is 4. The number of hydrogen-bond donors (Lipinski definition) is 2. The van der Waals surface area contributed by atoms with Crippen molar-refractivity contribution in [3.05, 3.63) is 30.1 Å². The lowest BCUT2D eigenvalue weighted by Gasteiger charge is -2.40. The predicted molar refractivity (Wildman–Crippen MR) is 107 cm³/mol. The molecule has 3 saturated heterocycles. The summed E-state index contributed by atoms with van der Waals surface area (Å²) in [6.45, 7) is 4.28. The molecule has 6 heteroatoms. The zero-order chi connectivity index (χ0) is 19.6. The molecule has 1 aromatic rings. The molecule has 1 amide bonds. The second-order valence-electron chi connectivity index (χ2n) is 8.82. The van der Waals surface area contributed by atoms with Crippen LogP contribution in [-0.2, 0) is 10.5 Å². The molecule has 3 aliphatic heterocycles. The zero-order valence-corrected chi connectivity index (χ0v) is 16.9. The van der Waals surface area contributed by atoms with Gasteiger partial charge in [0, 0.05) is 24.8 Å². The van der Waals surface area contributed by atoms with E-state index in [1.165, 1.54) is 19.4 Å². The van der Waals surface area contributed by atoms with E-state index in [1.807, 2.05) is 6.92 Å². The van der Waals surface area contributed by atoms with E-state index in [4.69, 9.17) is 0 Å². The number of nitrogens with one attached hydrogen (secondary N) is 2. The summed E-state index contributed by atoms with van der Waals surface area (Å²) in [5.74, 6) is 0.170. The minimum absolute atomic E-state index is 0.113. The second-order valence-corrected chi connectivity index (χ2v) is 8.82. The molecular formula is C22H33FN4O. The Labute approximate surface area is 167 Å². The fraction of sp³-hybridized carbons (Fsp3) is 0.727. The van der Waals surface area contributed by atoms with Gasteiger partial charge in [0.1, 0.15) is 0 Å². The lowest BCUT2D eigenvalue weighted by Crippen LogP contribution is -2.60. The Kier molecular flexibility index (Phi) is 5.97. The quantitative estimate of drug-likeness (QED) is 0.776. The molecule has 28 heavy (non-hydrogen) atoms. The lowest BCUT2D eigenvalue weighted by atomic mass is 9.87. The van der Waals surface area contributed by atoms with Crippen LogP contribution >= 0.6 is 0 Å². The lowest BCUT2D eigenvalue weighted by molar-refractivity contribution is -0.135. The zero-order valence-electron chi connectivity index (χ0n) is 16.9. The average molecular weight is 389 g/mol. The largest absolute Gasteiger partial charge is 0.349 e. The van der Waals surface area contributed by atoms with Crippen LogP contribution in [0, 0.1) is 5.92 Å². The third-order valence-corrected chi connectivity index (χ3v) is 6.97. The Bertz CT molecular complexity index is 672. The SMILES string of the molecule is C[C@H]1NC(=O)[C@@](F)(c2ccccn2)CCCCCCN2CCC3CCC1NC32. The van der Waals surface area contributed by atoms with Crippen molar-refractivity contribution in [2.45, 2.75) is 82.2 Å². The molecule has 3 aliphatic rings. The van der Waals surface area contributed by atoms with Crippen LogP contribution in [-0.4, -0.2) is 47.1 Å². The van der Waals surface area contributed by atoms with E-state index < -0.39 is 11.6 Å². The normalized spacial score (nSPS) is 37.9. The highest BCUT2D eigenvalue weighted by Crippen LogP contribution is 2.34. The molecule has 154 valence electrons. The van der Waals surface area contributed by atoms with Gasteiger partial charge in [-0.2, -0.15) is 0 Å². The van der Waals surface area contributed by atoms with E-state index >= 15 is 4.39 Å². The average Bonchev–Trinajstić information content (AvgIpc) is 3.12. The van der Waals surface area contributed by atoms with E-state index in [-0.39, 0.29) is 24.2 Å². The first-order chi connectivity index (χ1) is 13.6. The Morgan fingerprint density at radius 3 is 2.82 bits per heavy atom. The number of aromatic nitrogens is 1. The van der Waals surface area contributed by atoms with Gasteiger partial charge in [0.25, 0.3) is 5.91 Å². The molecule has 5 nitrogen and oxygen atoms in total. The van der Waals surface area contributed by atoms with Gasteiger partial charge in [-0.1, -0.05) is 18.9 Å². The van der Waals surface area contributed by atoms with Gasteiger partial charge >= 0.3 is 0 Å². The van der Waals surface area contributed by atoms with E-state index in [0.717, 1.165) is 32.2 Å². The van der Waals surface area contributed by atoms with Gasteiger partial charge < -0.3 is 5.32 Å². The number of alkyl halides is 1. The van der Waals surface area contributed by atoms with Crippen LogP contribution in [0.3, 0.4) is 0 Å². The summed E-state index contributed by atoms with van der Waals surface area (Å²) in [4.78, 5) is 19.8. The Hall–Kier alpha value is -1.53. The number of fused-ring (bicyclic) bond motifs is 1. The second kappa shape index (κ2) is 8.46. The summed E-state index contributed by atoms with van der Waals surface area (Å²) in [6, 6.07) is 5.21. The molecule has 1 aromatic heterocycles. The smallest absolute Gasteiger partial charge is 0.264 e. The van der Waals surface area contributed by atoms with Crippen molar-refractivity contribution in [2.75, 3.05) is 13.1 Å². The van der Waals surface area contributed by atoms with Crippen LogP contribution in [0.4, 0.5) is 4.39 Å². The molecular weight excluding hydrogens is 355 g/mol. The maximum Gasteiger partial charge on any atom is 0.264 e. The van der Waals surface area contributed by atoms with Gasteiger partial charge in [-0.25, -0.2) is 4.39 Å². The molecule has 2 N–H and O–H groups in total. The van der Waals surface area contributed by atoms with Crippen LogP contribution in [0.5, 0.6) is 0 Å². The van der Waals surface area contributed by atoms with Crippen molar-refractivity contribution in [2.24, 2.45) is 5.92 Å². The standard InChI is InChI=1S/C22H33FN4O/c1-16-18-10-9-17-11-15-27(20(17)26-18)14-7-3-2-5-12-22(23,21(28)25-16)19-8-4-6-13-24-19/h4,6,8,13,16-18,20,26H,2-3,5,7,9-12,14-15H2,1H3,(H,25,28)/t16-,17?,18?,20?,22+/m1/s1. The topological polar surface area (TPSA) is 57.3 Å². The molecule has 5 atom stereocenters. The molecule has 3 unspecified atom stereocenters. The molecule has 0 aliphatic carbocycles. The highest BCUT2D eigenvalue weighted by atomic mass is 19.1. The number of carbonyl (C=O) groups excluding carboxylic acids is 1. The van der Waals surface area contributed by atoms with E-state index in [9.17, 15) is 4.79 Å². The number of nitrogens with zero attached hydrogens (tertiary/aromatic N) is 2. The molecule has 0 saturated carbocycles. The summed E-state index contributed by atoms with van der Waals surface area (Å²) < 4.78 is 16.0. The monoisotopic (exact) mass is 388 g/mol. The molecule has 0 spiro atoms. The Balaban J connectivity index is 1.55. The van der Waals surface area contributed by atoms with Gasteiger partial charge in [0.2, 0.25) is 5.67 Å². The number of pyridine rings is 1. The Morgan fingerprint density at radius 2 is 2.00 bits per heavy atom. The number of carbonyl (C=O) groups is 1. The molecule has 3 fully saturated rings. The van der Waals surface area contributed by atoms with Gasteiger partial charge in [0.05, 0.1) is 11.9 Å². The van der Waals surface area contributed by atoms with Gasteiger partial charge in [-0.05, 0) is 70.0 Å². The van der Waals surface area contributed by atoms with Crippen molar-refractivity contribution in [3.8, 4) is 0 Å². The molecule has 2 bridgehead atoms. The van der Waals surface area contributed by atoms with Gasteiger partial charge in [-0.3, -0.25) is 20.0 Å². The van der Waals surface area contributed by atoms with E-state index in [1.54, 1.807) is 24.4 Å². The number of halogens is 1. The number of piperidine rings is 1. The van der Waals surface area contributed by atoms with Crippen LogP contribution in [0.15, 0.2) is 24.4 Å². The highest BCUT2D eigenvalue weighted by Gasteiger charge is 2.44. The molecule has 4 heterocycles. The van der Waals surface area contributed by atoms with Crippen LogP contribution in [0.1, 0.15) is 64.0 Å². The number of rotatable bonds is 1. The van der Waals surface area contributed by atoms with Crippen LogP contribution < -0.4 is 10.6 Å². The summed E-state index contributed by atoms with van der Waals surface area (Å²) in [5, 5.41) is 6.77. The molecule has 4 rings (SSSR count). The van der Waals surface area contributed by atoms with Crippen LogP contribution in [0.2, 0.25) is 0 Å². The fourth-order valence-electron chi connectivity index (χ4n) is 5.23. The first-order valence-corrected chi connectivity index (χ1v) is 11.0. The minimum Gasteiger partial charge on any atom is -0.349 e. The van der Waals surface area contributed by atoms with E-state index in [2.05, 4.69) is 20.5 Å². The maximum atomic E-state index is 16.0. The van der Waals surface area contributed by atoms with Gasteiger partial charge in [-0.15, -0.1) is 0 Å². The predicted octanol–water partition coefficient (Wildman–Crippen LogP) is 3.12. The van der Waals surface area contributed by atoms with Crippen LogP contribution in [0.25, 0.3) is 0 Å². The summed E-state index contributed by atoms with van der Waals surface area (Å²) in [7, 11) is 0.